The van der Waals surface area contributed by atoms with Crippen molar-refractivity contribution in [1.29, 1.82) is 0 Å². The van der Waals surface area contributed by atoms with E-state index in [9.17, 15) is 0 Å². The lowest BCUT2D eigenvalue weighted by Crippen LogP contribution is -2.28. The lowest BCUT2D eigenvalue weighted by atomic mass is 9.67. The summed E-state index contributed by atoms with van der Waals surface area (Å²) in [7, 11) is 0. The van der Waals surface area contributed by atoms with Crippen LogP contribution in [-0.2, 0) is 16.2 Å². The standard InChI is InChI=1S/C26H18.C26H20.C16H16.3C13H12.C9H12/c1-17-14-15-21-20-10-4-7-13-24(20)26(25(21)16-17)22-11-5-2-8-18(22)19-9-3-6-12-23(19)26;1-19-16-17-23-22-14-8-9-15-24(22)26(25(23)18-19,20-10-4-2-5-11-20)21-12-6-3-7-13-21;1-11-8-9-13-12-6-4-5-7-14(12)16(2,3)15(13)10-11;1-11-7-5-6-10-13(11)12-8-3-2-4-9-12;1-11-6-5-9-13(10-11)12-7-3-2-4-8-12;1-11-7-9-13(10-8-11)12-5-3-2-4-6-12;1-7-4-8(2)6-9(3)5-7/h2-16H,1H3;2-18H,1H3;4-10H,1-3H3;3*2-10H,1H3;4-6H,1-3H3. The van der Waals surface area contributed by atoms with Crippen molar-refractivity contribution in [1.82, 2.24) is 0 Å². The molecule has 21 rings (SSSR count). The fourth-order valence-electron chi connectivity index (χ4n) is 18.1. The first-order chi connectivity index (χ1) is 56.5. The molecule has 0 atom stereocenters. The first-order valence-electron chi connectivity index (χ1n) is 40.9. The van der Waals surface area contributed by atoms with Crippen LogP contribution in [0.4, 0.5) is 0 Å². The first kappa shape index (κ1) is 78.0. The second kappa shape index (κ2) is 34.6. The Balaban J connectivity index is 0.000000110. The number of hydrogen-bond acceptors (Lipinski definition) is 0. The van der Waals surface area contributed by atoms with Crippen LogP contribution in [0.3, 0.4) is 0 Å². The maximum absolute atomic E-state index is 2.40. The first-order valence-corrected chi connectivity index (χ1v) is 40.9. The molecule has 0 heterocycles. The fourth-order valence-corrected chi connectivity index (χ4v) is 18.1. The fraction of sp³-hybridized carbons (Fsp3) is 0.121. The average Bonchev–Trinajstić information content (AvgIpc) is 1.52. The van der Waals surface area contributed by atoms with E-state index in [-0.39, 0.29) is 16.2 Å². The Kier molecular flexibility index (Phi) is 23.3. The minimum Gasteiger partial charge on any atom is -0.0622 e. The van der Waals surface area contributed by atoms with Crippen LogP contribution in [0.5, 0.6) is 0 Å². The van der Waals surface area contributed by atoms with Gasteiger partial charge in [0.25, 0.3) is 0 Å². The van der Waals surface area contributed by atoms with Gasteiger partial charge in [0.05, 0.1) is 10.8 Å². The molecule has 0 nitrogen and oxygen atoms in total. The van der Waals surface area contributed by atoms with Crippen molar-refractivity contribution in [3.63, 3.8) is 0 Å². The van der Waals surface area contributed by atoms with Gasteiger partial charge >= 0.3 is 0 Å². The zero-order valence-corrected chi connectivity index (χ0v) is 68.8. The molecule has 0 bridgehead atoms. The van der Waals surface area contributed by atoms with Gasteiger partial charge in [-0.3, -0.25) is 0 Å². The highest BCUT2D eigenvalue weighted by Crippen LogP contribution is 2.63. The maximum Gasteiger partial charge on any atom is 0.0725 e. The molecule has 0 unspecified atom stereocenters. The highest BCUT2D eigenvalue weighted by Gasteiger charge is 2.52. The van der Waals surface area contributed by atoms with Crippen molar-refractivity contribution in [2.24, 2.45) is 0 Å². The van der Waals surface area contributed by atoms with E-state index in [2.05, 4.69) is 477 Å². The quantitative estimate of drug-likeness (QED) is 0.161. The molecule has 0 radical (unpaired) electrons. The van der Waals surface area contributed by atoms with Crippen LogP contribution < -0.4 is 0 Å². The molecule has 17 aromatic rings. The average molecular weight is 1500 g/mol. The summed E-state index contributed by atoms with van der Waals surface area (Å²) in [6, 6.07) is 150. The maximum atomic E-state index is 2.40. The van der Waals surface area contributed by atoms with Gasteiger partial charge in [-0.15, -0.1) is 0 Å². The van der Waals surface area contributed by atoms with E-state index in [1.165, 1.54) is 184 Å². The smallest absolute Gasteiger partial charge is 0.0622 e. The molecule has 0 aliphatic heterocycles. The summed E-state index contributed by atoms with van der Waals surface area (Å²) < 4.78 is 0. The van der Waals surface area contributed by atoms with Gasteiger partial charge in [-0.1, -0.05) is 477 Å². The summed E-state index contributed by atoms with van der Waals surface area (Å²) in [5.41, 5.74) is 44.4. The lowest BCUT2D eigenvalue weighted by Gasteiger charge is -2.34. The molecule has 0 amide bonds. The Hall–Kier alpha value is -13.3. The third-order valence-corrected chi connectivity index (χ3v) is 23.4. The number of fused-ring (bicyclic) bond motifs is 16. The topological polar surface area (TPSA) is 0 Å². The van der Waals surface area contributed by atoms with Gasteiger partial charge in [-0.25, -0.2) is 0 Å². The van der Waals surface area contributed by atoms with Crippen LogP contribution in [0.1, 0.15) is 120 Å². The molecule has 0 heteroatoms. The molecule has 17 aromatic carbocycles. The molecule has 566 valence electrons. The van der Waals surface area contributed by atoms with Gasteiger partial charge in [0.1, 0.15) is 0 Å². The number of rotatable bonds is 5. The van der Waals surface area contributed by atoms with Crippen molar-refractivity contribution >= 4 is 0 Å². The van der Waals surface area contributed by atoms with Crippen LogP contribution in [0.2, 0.25) is 0 Å². The third kappa shape index (κ3) is 15.8. The lowest BCUT2D eigenvalue weighted by molar-refractivity contribution is 0.660. The summed E-state index contributed by atoms with van der Waals surface area (Å²) in [5.74, 6) is 0. The molecule has 0 saturated heterocycles. The normalized spacial score (nSPS) is 12.6. The van der Waals surface area contributed by atoms with E-state index >= 15 is 0 Å². The Labute approximate surface area is 689 Å². The predicted molar refractivity (Wildman–Crippen MR) is 495 cm³/mol. The second-order valence-electron chi connectivity index (χ2n) is 32.0. The Morgan fingerprint density at radius 1 is 0.147 bits per heavy atom. The molecule has 116 heavy (non-hydrogen) atoms. The highest BCUT2D eigenvalue weighted by molar-refractivity contribution is 5.95. The number of benzene rings is 17. The Morgan fingerprint density at radius 2 is 0.422 bits per heavy atom. The minimum atomic E-state index is -0.263. The van der Waals surface area contributed by atoms with E-state index in [4.69, 9.17) is 0 Å². The van der Waals surface area contributed by atoms with E-state index < -0.39 is 0 Å². The SMILES string of the molecule is Cc1cc(C)cc(C)c1.Cc1ccc(-c2ccccc2)cc1.Cc1ccc2c(c1)C(C)(C)c1ccccc1-2.Cc1ccc2c(c1)C(c1ccccc1)(c1ccccc1)c1ccccc1-2.Cc1ccc2c(c1)C1(c3ccccc3-c3ccccc31)c1ccccc1-2.Cc1cccc(-c2ccccc2)c1.Cc1ccccc1-c1ccccc1. The molecule has 0 fully saturated rings. The van der Waals surface area contributed by atoms with Crippen LogP contribution in [0.15, 0.2) is 419 Å². The zero-order chi connectivity index (χ0) is 80.3. The van der Waals surface area contributed by atoms with Gasteiger partial charge in [0.2, 0.25) is 0 Å². The largest absolute Gasteiger partial charge is 0.0725 e. The van der Waals surface area contributed by atoms with Crippen molar-refractivity contribution in [3.05, 3.63) is 524 Å². The second-order valence-corrected chi connectivity index (χ2v) is 32.0. The summed E-state index contributed by atoms with van der Waals surface area (Å²) in [4.78, 5) is 0. The summed E-state index contributed by atoms with van der Waals surface area (Å²) in [6.07, 6.45) is 0. The van der Waals surface area contributed by atoms with Crippen molar-refractivity contribution in [2.45, 2.75) is 92.4 Å². The van der Waals surface area contributed by atoms with E-state index in [1.807, 2.05) is 18.2 Å². The summed E-state index contributed by atoms with van der Waals surface area (Å²) >= 11 is 0. The van der Waals surface area contributed by atoms with Crippen molar-refractivity contribution in [2.75, 3.05) is 0 Å². The van der Waals surface area contributed by atoms with E-state index in [1.54, 1.807) is 0 Å². The van der Waals surface area contributed by atoms with Crippen molar-refractivity contribution < 1.29 is 0 Å². The Bertz CT molecular complexity index is 5980. The minimum absolute atomic E-state index is 0.151. The summed E-state index contributed by atoms with van der Waals surface area (Å²) in [5, 5.41) is 0. The van der Waals surface area contributed by atoms with Gasteiger partial charge in [-0.05, 0) is 201 Å². The van der Waals surface area contributed by atoms with Crippen LogP contribution in [0.25, 0.3) is 77.9 Å². The zero-order valence-electron chi connectivity index (χ0n) is 68.8. The van der Waals surface area contributed by atoms with Gasteiger partial charge in [0, 0.05) is 5.41 Å². The van der Waals surface area contributed by atoms with Gasteiger partial charge < -0.3 is 0 Å². The molecular formula is C116H102. The molecule has 0 aromatic heterocycles. The van der Waals surface area contributed by atoms with Gasteiger partial charge in [-0.2, -0.15) is 0 Å². The molecule has 0 N–H and O–H groups in total. The highest BCUT2D eigenvalue weighted by atomic mass is 14.5. The molecule has 4 aliphatic carbocycles. The van der Waals surface area contributed by atoms with Crippen LogP contribution in [-0.4, -0.2) is 0 Å². The summed E-state index contributed by atoms with van der Waals surface area (Å²) in [6.45, 7) is 23.9. The monoisotopic (exact) mass is 1490 g/mol. The number of aryl methyl sites for hydroxylation is 9. The molecule has 4 aliphatic rings. The predicted octanol–water partition coefficient (Wildman–Crippen LogP) is 30.6. The van der Waals surface area contributed by atoms with E-state index in [0.717, 1.165) is 0 Å². The van der Waals surface area contributed by atoms with Crippen LogP contribution in [0, 0.1) is 62.3 Å². The number of hydrogen-bond donors (Lipinski definition) is 0. The van der Waals surface area contributed by atoms with E-state index in [0.29, 0.717) is 0 Å². The van der Waals surface area contributed by atoms with Crippen molar-refractivity contribution in [3.8, 4) is 77.9 Å². The third-order valence-electron chi connectivity index (χ3n) is 23.4. The molecule has 0 saturated carbocycles. The Morgan fingerprint density at radius 3 is 0.836 bits per heavy atom. The molecule has 1 spiro atoms. The van der Waals surface area contributed by atoms with Gasteiger partial charge in [0.15, 0.2) is 0 Å². The molecular weight excluding hydrogens is 1390 g/mol. The van der Waals surface area contributed by atoms with Crippen LogP contribution >= 0.6 is 0 Å².